The first-order valence-electron chi connectivity index (χ1n) is 5.69. The molecular formula is C15H12ClFO. The van der Waals surface area contributed by atoms with Crippen molar-refractivity contribution in [3.8, 4) is 0 Å². The molecule has 1 nitrogen and oxygen atoms in total. The molecular weight excluding hydrogens is 251 g/mol. The van der Waals surface area contributed by atoms with Crippen LogP contribution in [-0.2, 0) is 6.42 Å². The summed E-state index contributed by atoms with van der Waals surface area (Å²) in [6.45, 7) is 0. The zero-order valence-electron chi connectivity index (χ0n) is 9.70. The Morgan fingerprint density at radius 1 is 1.11 bits per heavy atom. The minimum Gasteiger partial charge on any atom is -0.294 e. The predicted octanol–water partition coefficient (Wildman–Crippen LogP) is 4.29. The molecule has 0 heterocycles. The molecule has 0 N–H and O–H groups in total. The van der Waals surface area contributed by atoms with Crippen molar-refractivity contribution in [2.24, 2.45) is 0 Å². The van der Waals surface area contributed by atoms with Crippen LogP contribution in [0.25, 0.3) is 0 Å². The Morgan fingerprint density at radius 3 is 2.56 bits per heavy atom. The van der Waals surface area contributed by atoms with E-state index in [0.29, 0.717) is 29.0 Å². The average Bonchev–Trinajstić information content (AvgIpc) is 2.40. The third kappa shape index (κ3) is 3.17. The molecule has 0 fully saturated rings. The summed E-state index contributed by atoms with van der Waals surface area (Å²) in [6, 6.07) is 13.3. The quantitative estimate of drug-likeness (QED) is 0.751. The summed E-state index contributed by atoms with van der Waals surface area (Å²) in [5, 5.41) is 0.497. The predicted molar refractivity (Wildman–Crippen MR) is 70.5 cm³/mol. The van der Waals surface area contributed by atoms with Gasteiger partial charge in [-0.3, -0.25) is 4.79 Å². The average molecular weight is 263 g/mol. The largest absolute Gasteiger partial charge is 0.294 e. The lowest BCUT2D eigenvalue weighted by atomic mass is 10.0. The van der Waals surface area contributed by atoms with Gasteiger partial charge in [0.1, 0.15) is 5.82 Å². The number of hydrogen-bond acceptors (Lipinski definition) is 1. The summed E-state index contributed by atoms with van der Waals surface area (Å²) in [5.74, 6) is -0.294. The van der Waals surface area contributed by atoms with Gasteiger partial charge in [-0.15, -0.1) is 0 Å². The number of Topliss-reactive ketones (excluding diaryl/α,β-unsaturated/α-hetero) is 1. The summed E-state index contributed by atoms with van der Waals surface area (Å²) >= 11 is 5.95. The fourth-order valence-corrected chi connectivity index (χ4v) is 1.96. The third-order valence-electron chi connectivity index (χ3n) is 2.72. The van der Waals surface area contributed by atoms with E-state index in [4.69, 9.17) is 11.6 Å². The van der Waals surface area contributed by atoms with Crippen LogP contribution in [0.4, 0.5) is 4.39 Å². The molecule has 0 atom stereocenters. The highest BCUT2D eigenvalue weighted by molar-refractivity contribution is 6.31. The number of aryl methyl sites for hydroxylation is 1. The van der Waals surface area contributed by atoms with Crippen molar-refractivity contribution in [1.29, 1.82) is 0 Å². The second kappa shape index (κ2) is 5.78. The fraction of sp³-hybridized carbons (Fsp3) is 0.133. The van der Waals surface area contributed by atoms with Gasteiger partial charge in [0, 0.05) is 17.0 Å². The van der Waals surface area contributed by atoms with Gasteiger partial charge < -0.3 is 0 Å². The minimum absolute atomic E-state index is 0.0379. The summed E-state index contributed by atoms with van der Waals surface area (Å²) < 4.78 is 13.1. The molecule has 0 saturated heterocycles. The molecule has 0 aliphatic rings. The lowest BCUT2D eigenvalue weighted by Gasteiger charge is -2.04. The Bertz CT molecular complexity index is 552. The Kier molecular flexibility index (Phi) is 4.11. The number of carbonyl (C=O) groups excluding carboxylic acids is 1. The third-order valence-corrected chi connectivity index (χ3v) is 3.09. The van der Waals surface area contributed by atoms with Gasteiger partial charge in [-0.25, -0.2) is 4.39 Å². The molecule has 0 radical (unpaired) electrons. The van der Waals surface area contributed by atoms with E-state index in [1.165, 1.54) is 18.2 Å². The molecule has 0 bridgehead atoms. The zero-order valence-corrected chi connectivity index (χ0v) is 10.5. The lowest BCUT2D eigenvalue weighted by Crippen LogP contribution is -2.01. The van der Waals surface area contributed by atoms with Crippen LogP contribution in [0.2, 0.25) is 5.02 Å². The smallest absolute Gasteiger partial charge is 0.163 e. The highest BCUT2D eigenvalue weighted by Crippen LogP contribution is 2.19. The van der Waals surface area contributed by atoms with Crippen molar-refractivity contribution >= 4 is 17.4 Å². The maximum Gasteiger partial charge on any atom is 0.163 e. The van der Waals surface area contributed by atoms with Gasteiger partial charge in [0.2, 0.25) is 0 Å². The van der Waals surface area contributed by atoms with Crippen LogP contribution in [0.3, 0.4) is 0 Å². The maximum absolute atomic E-state index is 13.1. The maximum atomic E-state index is 13.1. The van der Waals surface area contributed by atoms with E-state index in [9.17, 15) is 9.18 Å². The number of hydrogen-bond donors (Lipinski definition) is 0. The molecule has 0 amide bonds. The van der Waals surface area contributed by atoms with E-state index >= 15 is 0 Å². The van der Waals surface area contributed by atoms with Crippen LogP contribution < -0.4 is 0 Å². The molecule has 0 aliphatic carbocycles. The van der Waals surface area contributed by atoms with Crippen molar-refractivity contribution in [1.82, 2.24) is 0 Å². The lowest BCUT2D eigenvalue weighted by molar-refractivity contribution is 0.0983. The molecule has 3 heteroatoms. The molecule has 2 aromatic carbocycles. The van der Waals surface area contributed by atoms with Crippen molar-refractivity contribution < 1.29 is 9.18 Å². The first-order chi connectivity index (χ1) is 8.66. The van der Waals surface area contributed by atoms with E-state index in [0.717, 1.165) is 0 Å². The Hall–Kier alpha value is -1.67. The van der Waals surface area contributed by atoms with Crippen LogP contribution in [0.5, 0.6) is 0 Å². The minimum atomic E-state index is -0.332. The SMILES string of the molecule is O=C(CCc1cc(F)ccc1Cl)c1ccccc1. The highest BCUT2D eigenvalue weighted by Gasteiger charge is 2.08. The Labute approximate surface area is 110 Å². The summed E-state index contributed by atoms with van der Waals surface area (Å²) in [7, 11) is 0. The number of halogens is 2. The van der Waals surface area contributed by atoms with Gasteiger partial charge in [0.15, 0.2) is 5.78 Å². The Morgan fingerprint density at radius 2 is 1.83 bits per heavy atom. The van der Waals surface area contributed by atoms with Crippen LogP contribution >= 0.6 is 11.6 Å². The van der Waals surface area contributed by atoms with E-state index in [1.54, 1.807) is 12.1 Å². The van der Waals surface area contributed by atoms with Crippen molar-refractivity contribution in [3.05, 3.63) is 70.5 Å². The molecule has 92 valence electrons. The van der Waals surface area contributed by atoms with Gasteiger partial charge in [-0.2, -0.15) is 0 Å². The van der Waals surface area contributed by atoms with Crippen LogP contribution in [0.1, 0.15) is 22.3 Å². The molecule has 2 rings (SSSR count). The zero-order chi connectivity index (χ0) is 13.0. The summed E-state index contributed by atoms with van der Waals surface area (Å²) in [4.78, 5) is 11.9. The topological polar surface area (TPSA) is 17.1 Å². The Balaban J connectivity index is 2.04. The molecule has 0 unspecified atom stereocenters. The first-order valence-corrected chi connectivity index (χ1v) is 6.07. The molecule has 0 aliphatic heterocycles. The van der Waals surface area contributed by atoms with Gasteiger partial charge in [0.25, 0.3) is 0 Å². The summed E-state index contributed by atoms with van der Waals surface area (Å²) in [6.07, 6.45) is 0.775. The van der Waals surface area contributed by atoms with E-state index in [1.807, 2.05) is 18.2 Å². The van der Waals surface area contributed by atoms with E-state index < -0.39 is 0 Å². The summed E-state index contributed by atoms with van der Waals surface area (Å²) in [5.41, 5.74) is 1.34. The molecule has 0 aromatic heterocycles. The van der Waals surface area contributed by atoms with Gasteiger partial charge in [0.05, 0.1) is 0 Å². The number of carbonyl (C=O) groups is 1. The van der Waals surface area contributed by atoms with E-state index in [2.05, 4.69) is 0 Å². The molecule has 2 aromatic rings. The van der Waals surface area contributed by atoms with Crippen molar-refractivity contribution in [2.75, 3.05) is 0 Å². The second-order valence-corrected chi connectivity index (χ2v) is 4.43. The van der Waals surface area contributed by atoms with Crippen LogP contribution in [0, 0.1) is 5.82 Å². The normalized spacial score (nSPS) is 10.3. The van der Waals surface area contributed by atoms with Crippen LogP contribution in [-0.4, -0.2) is 5.78 Å². The number of benzene rings is 2. The molecule has 18 heavy (non-hydrogen) atoms. The van der Waals surface area contributed by atoms with Gasteiger partial charge in [-0.1, -0.05) is 41.9 Å². The molecule has 0 saturated carbocycles. The fourth-order valence-electron chi connectivity index (χ4n) is 1.75. The van der Waals surface area contributed by atoms with Gasteiger partial charge in [-0.05, 0) is 30.2 Å². The van der Waals surface area contributed by atoms with Crippen LogP contribution in [0.15, 0.2) is 48.5 Å². The van der Waals surface area contributed by atoms with E-state index in [-0.39, 0.29) is 11.6 Å². The monoisotopic (exact) mass is 262 g/mol. The first kappa shape index (κ1) is 12.8. The highest BCUT2D eigenvalue weighted by atomic mass is 35.5. The molecule has 0 spiro atoms. The number of rotatable bonds is 4. The van der Waals surface area contributed by atoms with Crippen molar-refractivity contribution in [2.45, 2.75) is 12.8 Å². The van der Waals surface area contributed by atoms with Crippen molar-refractivity contribution in [3.63, 3.8) is 0 Å². The second-order valence-electron chi connectivity index (χ2n) is 4.02. The number of ketones is 1. The van der Waals surface area contributed by atoms with Gasteiger partial charge >= 0.3 is 0 Å². The standard InChI is InChI=1S/C15H12ClFO/c16-14-8-7-13(17)10-12(14)6-9-15(18)11-4-2-1-3-5-11/h1-5,7-8,10H,6,9H2.